The molecule has 0 amide bonds. The van der Waals surface area contributed by atoms with E-state index in [-0.39, 0.29) is 0 Å². The molecule has 0 atom stereocenters. The molecule has 96 valence electrons. The molecule has 0 bridgehead atoms. The van der Waals surface area contributed by atoms with Crippen LogP contribution in [0.1, 0.15) is 12.5 Å². The lowest BCUT2D eigenvalue weighted by atomic mass is 10.3. The van der Waals surface area contributed by atoms with E-state index in [0.29, 0.717) is 0 Å². The molecular formula is C11H14N4S3. The predicted octanol–water partition coefficient (Wildman–Crippen LogP) is 3.38. The van der Waals surface area contributed by atoms with E-state index in [4.69, 9.17) is 0 Å². The van der Waals surface area contributed by atoms with Gasteiger partial charge in [0.25, 0.3) is 0 Å². The molecule has 0 aliphatic carbocycles. The van der Waals surface area contributed by atoms with Gasteiger partial charge < -0.3 is 5.32 Å². The molecule has 0 aromatic carbocycles. The Kier molecular flexibility index (Phi) is 5.27. The van der Waals surface area contributed by atoms with Crippen molar-refractivity contribution < 1.29 is 0 Å². The van der Waals surface area contributed by atoms with E-state index in [9.17, 15) is 0 Å². The Balaban J connectivity index is 2.01. The number of rotatable bonds is 6. The average molecular weight is 298 g/mol. The third-order valence-corrected chi connectivity index (χ3v) is 5.23. The van der Waals surface area contributed by atoms with Crippen molar-refractivity contribution in [2.45, 2.75) is 21.4 Å². The van der Waals surface area contributed by atoms with Gasteiger partial charge in [0.15, 0.2) is 8.68 Å². The smallest absolute Gasteiger partial charge is 0.175 e. The summed E-state index contributed by atoms with van der Waals surface area (Å²) in [7, 11) is 0. The van der Waals surface area contributed by atoms with Gasteiger partial charge in [-0.2, -0.15) is 0 Å². The third-order valence-electron chi connectivity index (χ3n) is 2.15. The number of hydrogen-bond acceptors (Lipinski definition) is 7. The Hall–Kier alpha value is -0.790. The monoisotopic (exact) mass is 298 g/mol. The number of aromatic nitrogens is 3. The molecule has 18 heavy (non-hydrogen) atoms. The van der Waals surface area contributed by atoms with Crippen molar-refractivity contribution in [3.8, 4) is 0 Å². The first-order chi connectivity index (χ1) is 8.83. The van der Waals surface area contributed by atoms with Gasteiger partial charge in [0.1, 0.15) is 5.82 Å². The van der Waals surface area contributed by atoms with Crippen LogP contribution in [0, 0.1) is 0 Å². The van der Waals surface area contributed by atoms with E-state index >= 15 is 0 Å². The first kappa shape index (κ1) is 13.6. The minimum Gasteiger partial charge on any atom is -0.370 e. The van der Waals surface area contributed by atoms with Crippen molar-refractivity contribution >= 4 is 40.7 Å². The summed E-state index contributed by atoms with van der Waals surface area (Å²) < 4.78 is 2.02. The lowest BCUT2D eigenvalue weighted by Gasteiger charge is -2.07. The highest BCUT2D eigenvalue weighted by atomic mass is 32.2. The number of hydrogen-bond donors (Lipinski definition) is 1. The van der Waals surface area contributed by atoms with E-state index in [0.717, 1.165) is 26.8 Å². The molecule has 2 heterocycles. The molecule has 4 nitrogen and oxygen atoms in total. The Labute approximate surface area is 119 Å². The van der Waals surface area contributed by atoms with E-state index in [2.05, 4.69) is 33.5 Å². The second kappa shape index (κ2) is 6.96. The quantitative estimate of drug-likeness (QED) is 0.825. The summed E-state index contributed by atoms with van der Waals surface area (Å²) in [5, 5.41) is 11.5. The summed E-state index contributed by atoms with van der Waals surface area (Å²) in [5.74, 6) is 1.82. The Morgan fingerprint density at radius 1 is 1.33 bits per heavy atom. The van der Waals surface area contributed by atoms with Crippen LogP contribution in [0.15, 0.2) is 27.0 Å². The van der Waals surface area contributed by atoms with Crippen molar-refractivity contribution in [2.75, 3.05) is 18.1 Å². The predicted molar refractivity (Wildman–Crippen MR) is 79.7 cm³/mol. The largest absolute Gasteiger partial charge is 0.370 e. The molecule has 2 rings (SSSR count). The summed E-state index contributed by atoms with van der Waals surface area (Å²) in [6.45, 7) is 2.95. The van der Waals surface area contributed by atoms with Crippen molar-refractivity contribution in [3.63, 3.8) is 0 Å². The fourth-order valence-electron chi connectivity index (χ4n) is 1.36. The topological polar surface area (TPSA) is 50.7 Å². The maximum Gasteiger partial charge on any atom is 0.175 e. The number of nitrogens with one attached hydrogen (secondary N) is 1. The van der Waals surface area contributed by atoms with E-state index in [1.807, 2.05) is 18.5 Å². The molecular weight excluding hydrogens is 284 g/mol. The van der Waals surface area contributed by atoms with E-state index < -0.39 is 0 Å². The van der Waals surface area contributed by atoms with Gasteiger partial charge in [0, 0.05) is 24.1 Å². The average Bonchev–Trinajstić information content (AvgIpc) is 2.86. The molecule has 1 N–H and O–H groups in total. The summed E-state index contributed by atoms with van der Waals surface area (Å²) in [5.41, 5.74) is 1.20. The molecule has 2 aromatic heterocycles. The molecule has 0 aliphatic rings. The second-order valence-corrected chi connectivity index (χ2v) is 6.62. The van der Waals surface area contributed by atoms with Crippen molar-refractivity contribution in [1.29, 1.82) is 0 Å². The van der Waals surface area contributed by atoms with Gasteiger partial charge >= 0.3 is 0 Å². The zero-order valence-corrected chi connectivity index (χ0v) is 12.7. The van der Waals surface area contributed by atoms with Crippen molar-refractivity contribution in [1.82, 2.24) is 15.2 Å². The summed E-state index contributed by atoms with van der Waals surface area (Å²) >= 11 is 4.97. The van der Waals surface area contributed by atoms with Gasteiger partial charge in [0.05, 0.1) is 0 Å². The zero-order valence-electron chi connectivity index (χ0n) is 10.2. The lowest BCUT2D eigenvalue weighted by molar-refractivity contribution is 0.955. The lowest BCUT2D eigenvalue weighted by Crippen LogP contribution is -2.02. The van der Waals surface area contributed by atoms with Crippen LogP contribution >= 0.6 is 34.9 Å². The highest BCUT2D eigenvalue weighted by molar-refractivity contribution is 8.02. The first-order valence-corrected chi connectivity index (χ1v) is 8.54. The number of pyridine rings is 1. The van der Waals surface area contributed by atoms with E-state index in [1.165, 1.54) is 5.56 Å². The van der Waals surface area contributed by atoms with Crippen LogP contribution in [0.4, 0.5) is 5.82 Å². The molecule has 0 spiro atoms. The molecule has 2 aromatic rings. The minimum atomic E-state index is 0.860. The van der Waals surface area contributed by atoms with Crippen LogP contribution in [0.5, 0.6) is 0 Å². The van der Waals surface area contributed by atoms with Gasteiger partial charge in [-0.25, -0.2) is 4.98 Å². The minimum absolute atomic E-state index is 0.860. The fraction of sp³-hybridized carbons (Fsp3) is 0.364. The SMILES string of the molecule is CCNc1ncccc1CSc1nnc(SC)s1. The van der Waals surface area contributed by atoms with Gasteiger partial charge in [-0.15, -0.1) is 10.2 Å². The van der Waals surface area contributed by atoms with Crippen LogP contribution in [0.2, 0.25) is 0 Å². The van der Waals surface area contributed by atoms with E-state index in [1.54, 1.807) is 34.9 Å². The van der Waals surface area contributed by atoms with Crippen LogP contribution in [-0.4, -0.2) is 28.0 Å². The molecule has 0 saturated heterocycles. The van der Waals surface area contributed by atoms with Crippen LogP contribution < -0.4 is 5.32 Å². The normalized spacial score (nSPS) is 10.6. The van der Waals surface area contributed by atoms with Gasteiger partial charge in [-0.3, -0.25) is 0 Å². The van der Waals surface area contributed by atoms with Crippen molar-refractivity contribution in [2.24, 2.45) is 0 Å². The molecule has 0 saturated carbocycles. The number of nitrogens with zero attached hydrogens (tertiary/aromatic N) is 3. The highest BCUT2D eigenvalue weighted by Crippen LogP contribution is 2.30. The van der Waals surface area contributed by atoms with Crippen molar-refractivity contribution in [3.05, 3.63) is 23.9 Å². The number of thioether (sulfide) groups is 2. The molecule has 0 unspecified atom stereocenters. The summed E-state index contributed by atoms with van der Waals surface area (Å²) in [6.07, 6.45) is 3.82. The molecule has 7 heteroatoms. The first-order valence-electron chi connectivity index (χ1n) is 5.51. The maximum atomic E-state index is 4.34. The van der Waals surface area contributed by atoms with Crippen LogP contribution in [-0.2, 0) is 5.75 Å². The fourth-order valence-corrected chi connectivity index (χ4v) is 3.78. The van der Waals surface area contributed by atoms with Gasteiger partial charge in [-0.1, -0.05) is 40.9 Å². The third kappa shape index (κ3) is 3.60. The highest BCUT2D eigenvalue weighted by Gasteiger charge is 2.07. The van der Waals surface area contributed by atoms with Crippen LogP contribution in [0.25, 0.3) is 0 Å². The molecule has 0 radical (unpaired) electrons. The van der Waals surface area contributed by atoms with Gasteiger partial charge in [0.2, 0.25) is 0 Å². The summed E-state index contributed by atoms with van der Waals surface area (Å²) in [4.78, 5) is 4.34. The summed E-state index contributed by atoms with van der Waals surface area (Å²) in [6, 6.07) is 4.05. The number of anilines is 1. The Morgan fingerprint density at radius 2 is 2.17 bits per heavy atom. The maximum absolute atomic E-state index is 4.34. The molecule has 0 fully saturated rings. The van der Waals surface area contributed by atoms with Gasteiger partial charge in [-0.05, 0) is 19.2 Å². The zero-order chi connectivity index (χ0) is 12.8. The molecule has 0 aliphatic heterocycles. The Morgan fingerprint density at radius 3 is 2.89 bits per heavy atom. The standard InChI is InChI=1S/C11H14N4S3/c1-3-12-9-8(5-4-6-13-9)7-17-11-15-14-10(16-2)18-11/h4-6H,3,7H2,1-2H3,(H,12,13). The second-order valence-electron chi connectivity index (χ2n) is 3.37. The Bertz CT molecular complexity index is 501. The van der Waals surface area contributed by atoms with Crippen LogP contribution in [0.3, 0.4) is 0 Å².